The number of hydrogen-bond acceptors (Lipinski definition) is 9. The molecule has 3 heterocycles. The summed E-state index contributed by atoms with van der Waals surface area (Å²) in [6, 6.07) is 0.954. The number of fused-ring (bicyclic) bond motifs is 3. The summed E-state index contributed by atoms with van der Waals surface area (Å²) in [6.45, 7) is 4.84. The van der Waals surface area contributed by atoms with Gasteiger partial charge in [0.2, 0.25) is 21.8 Å². The van der Waals surface area contributed by atoms with Crippen LogP contribution in [0.15, 0.2) is 30.4 Å². The fourth-order valence-corrected chi connectivity index (χ4v) is 8.76. The molecular formula is C37H48F3N5O9S. The van der Waals surface area contributed by atoms with E-state index in [1.807, 2.05) is 6.08 Å². The van der Waals surface area contributed by atoms with Gasteiger partial charge in [0, 0.05) is 25.4 Å². The summed E-state index contributed by atoms with van der Waals surface area (Å²) in [6.07, 6.45) is 0.289. The Balaban J connectivity index is 1.23. The fourth-order valence-electron chi connectivity index (χ4n) is 7.40. The summed E-state index contributed by atoms with van der Waals surface area (Å²) in [7, 11) is -3.95. The molecule has 5 amide bonds. The van der Waals surface area contributed by atoms with Gasteiger partial charge in [-0.05, 0) is 89.0 Å². The fraction of sp³-hybridized carbons (Fsp3) is 0.649. The highest BCUT2D eigenvalue weighted by Crippen LogP contribution is 2.46. The van der Waals surface area contributed by atoms with Crippen LogP contribution in [0.5, 0.6) is 0 Å². The van der Waals surface area contributed by atoms with Gasteiger partial charge >= 0.3 is 18.4 Å². The van der Waals surface area contributed by atoms with E-state index in [1.165, 1.54) is 15.9 Å². The monoisotopic (exact) mass is 795 g/mol. The summed E-state index contributed by atoms with van der Waals surface area (Å²) in [5.74, 6) is -2.78. The molecule has 14 nitrogen and oxygen atoms in total. The Bertz CT molecular complexity index is 1840. The molecule has 302 valence electrons. The van der Waals surface area contributed by atoms with E-state index in [-0.39, 0.29) is 45.3 Å². The van der Waals surface area contributed by atoms with Gasteiger partial charge in [0.1, 0.15) is 29.3 Å². The van der Waals surface area contributed by atoms with E-state index in [1.54, 1.807) is 26.8 Å². The van der Waals surface area contributed by atoms with Crippen molar-refractivity contribution in [2.45, 2.75) is 132 Å². The predicted octanol–water partition coefficient (Wildman–Crippen LogP) is 4.07. The molecule has 0 unspecified atom stereocenters. The molecule has 3 aliphatic heterocycles. The second-order valence-electron chi connectivity index (χ2n) is 16.1. The van der Waals surface area contributed by atoms with Crippen LogP contribution in [0.25, 0.3) is 0 Å². The molecule has 0 aromatic heterocycles. The Morgan fingerprint density at radius 2 is 1.76 bits per heavy atom. The highest BCUT2D eigenvalue weighted by atomic mass is 32.2. The summed E-state index contributed by atoms with van der Waals surface area (Å²) in [4.78, 5) is 71.1. The lowest BCUT2D eigenvalue weighted by molar-refractivity contribution is -0.141. The molecule has 1 aromatic carbocycles. The molecule has 18 heteroatoms. The van der Waals surface area contributed by atoms with Crippen molar-refractivity contribution in [3.05, 3.63) is 47.0 Å². The van der Waals surface area contributed by atoms with Crippen LogP contribution in [0.3, 0.4) is 0 Å². The molecule has 55 heavy (non-hydrogen) atoms. The number of carbonyl (C=O) groups excluding carboxylic acids is 5. The van der Waals surface area contributed by atoms with Gasteiger partial charge in [0.05, 0.1) is 17.4 Å². The van der Waals surface area contributed by atoms with Gasteiger partial charge in [-0.1, -0.05) is 31.1 Å². The Morgan fingerprint density at radius 3 is 2.45 bits per heavy atom. The molecule has 2 saturated carbocycles. The van der Waals surface area contributed by atoms with Crippen molar-refractivity contribution in [3.63, 3.8) is 0 Å². The first kappa shape index (κ1) is 40.3. The van der Waals surface area contributed by atoms with Crippen molar-refractivity contribution in [2.75, 3.05) is 13.1 Å². The highest BCUT2D eigenvalue weighted by molar-refractivity contribution is 7.91. The minimum Gasteiger partial charge on any atom is -0.444 e. The Hall–Kier alpha value is -4.35. The van der Waals surface area contributed by atoms with Crippen molar-refractivity contribution in [1.29, 1.82) is 0 Å². The van der Waals surface area contributed by atoms with Gasteiger partial charge in [-0.15, -0.1) is 0 Å². The van der Waals surface area contributed by atoms with Gasteiger partial charge in [-0.2, -0.15) is 13.2 Å². The van der Waals surface area contributed by atoms with E-state index < -0.39 is 92.2 Å². The van der Waals surface area contributed by atoms with E-state index in [9.17, 15) is 45.6 Å². The molecule has 5 aliphatic rings. The van der Waals surface area contributed by atoms with Crippen LogP contribution in [-0.4, -0.2) is 95.8 Å². The molecular weight excluding hydrogens is 747 g/mol. The quantitative estimate of drug-likeness (QED) is 0.371. The van der Waals surface area contributed by atoms with Crippen LogP contribution in [0.4, 0.5) is 22.8 Å². The van der Waals surface area contributed by atoms with Crippen LogP contribution in [0.1, 0.15) is 95.2 Å². The predicted molar refractivity (Wildman–Crippen MR) is 190 cm³/mol. The average Bonchev–Trinajstić information content (AvgIpc) is 4.02. The molecule has 3 fully saturated rings. The molecule has 1 aromatic rings. The number of alkyl carbamates (subject to hydrolysis) is 1. The zero-order valence-electron chi connectivity index (χ0n) is 31.1. The lowest BCUT2D eigenvalue weighted by atomic mass is 9.97. The zero-order chi connectivity index (χ0) is 39.9. The van der Waals surface area contributed by atoms with Crippen molar-refractivity contribution in [3.8, 4) is 0 Å². The van der Waals surface area contributed by atoms with Gasteiger partial charge in [0.25, 0.3) is 5.91 Å². The number of nitrogens with zero attached hydrogens (tertiary/aromatic N) is 2. The number of rotatable bonds is 5. The van der Waals surface area contributed by atoms with E-state index >= 15 is 0 Å². The first-order valence-corrected chi connectivity index (χ1v) is 20.3. The summed E-state index contributed by atoms with van der Waals surface area (Å²) in [5, 5.41) is 4.72. The van der Waals surface area contributed by atoms with Crippen molar-refractivity contribution >= 4 is 39.9 Å². The van der Waals surface area contributed by atoms with Crippen LogP contribution in [0.2, 0.25) is 0 Å². The lowest BCUT2D eigenvalue weighted by Crippen LogP contribution is -2.58. The minimum absolute atomic E-state index is 0.0102. The third kappa shape index (κ3) is 9.55. The number of alkyl halides is 3. The van der Waals surface area contributed by atoms with E-state index in [0.29, 0.717) is 43.2 Å². The van der Waals surface area contributed by atoms with Crippen molar-refractivity contribution in [1.82, 2.24) is 25.2 Å². The molecule has 6 rings (SSSR count). The molecule has 0 spiro atoms. The normalized spacial score (nSPS) is 28.3. The Kier molecular flexibility index (Phi) is 11.2. The van der Waals surface area contributed by atoms with E-state index in [2.05, 4.69) is 15.4 Å². The smallest absolute Gasteiger partial charge is 0.416 e. The third-order valence-corrected chi connectivity index (χ3v) is 12.4. The highest BCUT2D eigenvalue weighted by Gasteiger charge is 2.62. The van der Waals surface area contributed by atoms with Crippen LogP contribution < -0.4 is 15.4 Å². The molecule has 5 atom stereocenters. The largest absolute Gasteiger partial charge is 0.444 e. The molecule has 0 radical (unpaired) electrons. The van der Waals surface area contributed by atoms with E-state index in [0.717, 1.165) is 18.6 Å². The number of hydrogen-bond donors (Lipinski definition) is 3. The third-order valence-electron chi connectivity index (χ3n) is 10.6. The maximum atomic E-state index is 14.3. The molecule has 3 N–H and O–H groups in total. The zero-order valence-corrected chi connectivity index (χ0v) is 31.9. The number of halogens is 3. The Morgan fingerprint density at radius 1 is 1.02 bits per heavy atom. The summed E-state index contributed by atoms with van der Waals surface area (Å²) in [5.41, 5.74) is -2.25. The standard InChI is InChI=1S/C37H48F3N5O9S/c1-35(2,3)54-33(49)41-28-10-8-6-4-5-7-9-25-19-36(25,32(48)43-55(51,52)27-13-14-27)42-30(46)29-18-26(21-45(29)31(28)47)53-34(50)44-16-15-22-17-24(37(38,39)40)12-11-23(22)20-44/h7,9,11-12,17,25-29H,4-6,8,10,13-16,18-21H2,1-3H3,(H,41,49)(H,42,46)(H,43,48)/b9-7+/t25-,26-,28+,29+,36-/m1/s1. The molecule has 0 bridgehead atoms. The van der Waals surface area contributed by atoms with Gasteiger partial charge in [-0.3, -0.25) is 19.1 Å². The Labute approximate surface area is 317 Å². The number of amides is 5. The first-order valence-electron chi connectivity index (χ1n) is 18.7. The van der Waals surface area contributed by atoms with Crippen LogP contribution >= 0.6 is 0 Å². The molecule has 2 aliphatic carbocycles. The number of benzene rings is 1. The molecule has 1 saturated heterocycles. The van der Waals surface area contributed by atoms with Crippen LogP contribution in [0, 0.1) is 5.92 Å². The minimum atomic E-state index is -4.51. The lowest BCUT2D eigenvalue weighted by Gasteiger charge is -2.30. The van der Waals surface area contributed by atoms with Crippen molar-refractivity contribution in [2.24, 2.45) is 5.92 Å². The number of nitrogens with one attached hydrogen (secondary N) is 3. The average molecular weight is 796 g/mol. The van der Waals surface area contributed by atoms with Crippen LogP contribution in [-0.2, 0) is 53.0 Å². The van der Waals surface area contributed by atoms with Gasteiger partial charge in [0.15, 0.2) is 0 Å². The number of sulfonamides is 1. The number of ether oxygens (including phenoxy) is 2. The SMILES string of the molecule is CC(C)(C)OC(=O)N[C@H]1CCCCC/C=C/[C@@H]2C[C@@]2(C(=O)NS(=O)(=O)C2CC2)NC(=O)[C@@H]2C[C@@H](OC(=O)N3CCc4cc(C(F)(F)F)ccc4C3)CN2C1=O. The first-order chi connectivity index (χ1) is 25.8. The second-order valence-corrected chi connectivity index (χ2v) is 18.1. The van der Waals surface area contributed by atoms with Gasteiger partial charge in [-0.25, -0.2) is 18.0 Å². The maximum Gasteiger partial charge on any atom is 0.416 e. The number of allylic oxidation sites excluding steroid dienone is 1. The van der Waals surface area contributed by atoms with E-state index in [4.69, 9.17) is 9.47 Å². The number of carbonyl (C=O) groups is 5. The maximum absolute atomic E-state index is 14.3. The topological polar surface area (TPSA) is 181 Å². The summed E-state index contributed by atoms with van der Waals surface area (Å²) < 4.78 is 78.8. The summed E-state index contributed by atoms with van der Waals surface area (Å²) >= 11 is 0. The second kappa shape index (κ2) is 15.3. The van der Waals surface area contributed by atoms with Gasteiger partial charge < -0.3 is 29.9 Å². The van der Waals surface area contributed by atoms with Crippen molar-refractivity contribution < 1.29 is 55.0 Å².